The molecule has 0 bridgehead atoms. The molecule has 0 saturated heterocycles. The Bertz CT molecular complexity index is 437. The predicted octanol–water partition coefficient (Wildman–Crippen LogP) is -3.62. The van der Waals surface area contributed by atoms with Crippen molar-refractivity contribution < 1.29 is 45.6 Å². The van der Waals surface area contributed by atoms with Crippen LogP contribution >= 0.6 is 0 Å². The number of hydrogen-bond acceptors (Lipinski definition) is 10. The van der Waals surface area contributed by atoms with Gasteiger partial charge in [-0.05, 0) is 0 Å². The molecule has 0 radical (unpaired) electrons. The van der Waals surface area contributed by atoms with Crippen molar-refractivity contribution in [1.29, 1.82) is 0 Å². The summed E-state index contributed by atoms with van der Waals surface area (Å²) in [7, 11) is -7.69. The maximum atomic E-state index is 10.7. The zero-order valence-corrected chi connectivity index (χ0v) is 12.4. The molecule has 0 saturated carbocycles. The van der Waals surface area contributed by atoms with Crippen LogP contribution in [0.5, 0.6) is 0 Å². The Labute approximate surface area is 116 Å². The lowest BCUT2D eigenvalue weighted by atomic mass is 10.0. The monoisotopic (exact) mass is 338 g/mol. The molecule has 4 N–H and O–H groups in total. The molecule has 12 heteroatoms. The van der Waals surface area contributed by atoms with Crippen LogP contribution in [0.4, 0.5) is 0 Å². The normalized spacial score (nSPS) is 19.3. The quantitative estimate of drug-likeness (QED) is 0.308. The van der Waals surface area contributed by atoms with Gasteiger partial charge in [-0.2, -0.15) is 16.8 Å². The SMILES string of the molecule is CS(=O)(=O)OC[C@@H](O)[C@@H](O)[C@@H](O)[C@@H](O)COS(C)(=O)=O. The lowest BCUT2D eigenvalue weighted by Crippen LogP contribution is -2.48. The lowest BCUT2D eigenvalue weighted by molar-refractivity contribution is -0.118. The first-order valence-corrected chi connectivity index (χ1v) is 8.88. The molecule has 0 rings (SSSR count). The van der Waals surface area contributed by atoms with E-state index >= 15 is 0 Å². The Morgan fingerprint density at radius 2 is 1.00 bits per heavy atom. The zero-order chi connectivity index (χ0) is 16.1. The van der Waals surface area contributed by atoms with Gasteiger partial charge in [0.1, 0.15) is 24.4 Å². The highest BCUT2D eigenvalue weighted by atomic mass is 32.2. The number of aliphatic hydroxyl groups is 4. The van der Waals surface area contributed by atoms with E-state index in [9.17, 15) is 37.3 Å². The third kappa shape index (κ3) is 8.76. The number of hydrogen-bond donors (Lipinski definition) is 4. The van der Waals surface area contributed by atoms with Gasteiger partial charge in [0.25, 0.3) is 20.2 Å². The Morgan fingerprint density at radius 3 is 1.20 bits per heavy atom. The minimum atomic E-state index is -3.85. The molecule has 0 aliphatic carbocycles. The molecule has 0 aromatic rings. The first-order valence-electron chi connectivity index (χ1n) is 5.24. The molecule has 0 spiro atoms. The molecule has 10 nitrogen and oxygen atoms in total. The van der Waals surface area contributed by atoms with Crippen molar-refractivity contribution in [2.24, 2.45) is 0 Å². The summed E-state index contributed by atoms with van der Waals surface area (Å²) < 4.78 is 51.0. The fourth-order valence-electron chi connectivity index (χ4n) is 1.04. The molecule has 122 valence electrons. The van der Waals surface area contributed by atoms with Crippen molar-refractivity contribution >= 4 is 20.2 Å². The zero-order valence-electron chi connectivity index (χ0n) is 10.8. The molecular weight excluding hydrogens is 320 g/mol. The van der Waals surface area contributed by atoms with Gasteiger partial charge < -0.3 is 20.4 Å². The fraction of sp³-hybridized carbons (Fsp3) is 1.00. The second-order valence-electron chi connectivity index (χ2n) is 4.09. The highest BCUT2D eigenvalue weighted by Crippen LogP contribution is 2.08. The van der Waals surface area contributed by atoms with Crippen LogP contribution in [-0.2, 0) is 28.6 Å². The van der Waals surface area contributed by atoms with Crippen LogP contribution in [0.2, 0.25) is 0 Å². The third-order valence-corrected chi connectivity index (χ3v) is 3.17. The third-order valence-electron chi connectivity index (χ3n) is 2.04. The summed E-state index contributed by atoms with van der Waals surface area (Å²) >= 11 is 0. The van der Waals surface area contributed by atoms with Gasteiger partial charge in [0.15, 0.2) is 0 Å². The summed E-state index contributed by atoms with van der Waals surface area (Å²) in [5.41, 5.74) is 0. The van der Waals surface area contributed by atoms with E-state index in [4.69, 9.17) is 0 Å². The van der Waals surface area contributed by atoms with Crippen LogP contribution in [0, 0.1) is 0 Å². The largest absolute Gasteiger partial charge is 0.388 e. The minimum absolute atomic E-state index is 0.720. The van der Waals surface area contributed by atoms with Crippen LogP contribution in [0.3, 0.4) is 0 Å². The van der Waals surface area contributed by atoms with Gasteiger partial charge in [-0.1, -0.05) is 0 Å². The van der Waals surface area contributed by atoms with E-state index in [0.29, 0.717) is 0 Å². The van der Waals surface area contributed by atoms with E-state index < -0.39 is 57.9 Å². The first-order chi connectivity index (χ1) is 8.83. The maximum absolute atomic E-state index is 10.7. The van der Waals surface area contributed by atoms with Crippen molar-refractivity contribution in [2.75, 3.05) is 25.7 Å². The summed E-state index contributed by atoms with van der Waals surface area (Å²) in [6.07, 6.45) is -6.11. The lowest BCUT2D eigenvalue weighted by Gasteiger charge is -2.25. The minimum Gasteiger partial charge on any atom is -0.388 e. The van der Waals surface area contributed by atoms with Crippen LogP contribution in [-0.4, -0.2) is 87.4 Å². The van der Waals surface area contributed by atoms with Gasteiger partial charge in [-0.15, -0.1) is 0 Å². The second kappa shape index (κ2) is 7.61. The number of aliphatic hydroxyl groups excluding tert-OH is 4. The van der Waals surface area contributed by atoms with Crippen molar-refractivity contribution in [3.8, 4) is 0 Å². The fourth-order valence-corrected chi connectivity index (χ4v) is 1.81. The van der Waals surface area contributed by atoms with Gasteiger partial charge in [-0.25, -0.2) is 0 Å². The summed E-state index contributed by atoms with van der Waals surface area (Å²) in [5.74, 6) is 0. The molecule has 0 fully saturated rings. The van der Waals surface area contributed by atoms with Gasteiger partial charge in [-0.3, -0.25) is 8.37 Å². The topological polar surface area (TPSA) is 168 Å². The van der Waals surface area contributed by atoms with E-state index in [0.717, 1.165) is 12.5 Å². The first kappa shape index (κ1) is 19.7. The Hall–Kier alpha value is -0.340. The van der Waals surface area contributed by atoms with Crippen LogP contribution in [0.25, 0.3) is 0 Å². The van der Waals surface area contributed by atoms with E-state index in [1.54, 1.807) is 0 Å². The maximum Gasteiger partial charge on any atom is 0.264 e. The summed E-state index contributed by atoms with van der Waals surface area (Å²) in [4.78, 5) is 0. The second-order valence-corrected chi connectivity index (χ2v) is 7.38. The summed E-state index contributed by atoms with van der Waals surface area (Å²) in [6, 6.07) is 0. The molecule has 20 heavy (non-hydrogen) atoms. The average molecular weight is 338 g/mol. The summed E-state index contributed by atoms with van der Waals surface area (Å²) in [6.45, 7) is -1.67. The van der Waals surface area contributed by atoms with Crippen molar-refractivity contribution in [3.05, 3.63) is 0 Å². The molecule has 0 aliphatic rings. The van der Waals surface area contributed by atoms with Crippen molar-refractivity contribution in [3.63, 3.8) is 0 Å². The van der Waals surface area contributed by atoms with E-state index in [1.165, 1.54) is 0 Å². The molecule has 0 amide bonds. The molecule has 4 atom stereocenters. The van der Waals surface area contributed by atoms with E-state index in [2.05, 4.69) is 8.37 Å². The highest BCUT2D eigenvalue weighted by molar-refractivity contribution is 7.86. The summed E-state index contributed by atoms with van der Waals surface area (Å²) in [5, 5.41) is 37.6. The smallest absolute Gasteiger partial charge is 0.264 e. The Kier molecular flexibility index (Phi) is 7.48. The van der Waals surface area contributed by atoms with Gasteiger partial charge in [0.05, 0.1) is 25.7 Å². The molecule has 0 unspecified atom stereocenters. The van der Waals surface area contributed by atoms with Gasteiger partial charge in [0, 0.05) is 0 Å². The molecule has 0 aromatic heterocycles. The average Bonchev–Trinajstić information content (AvgIpc) is 2.29. The van der Waals surface area contributed by atoms with E-state index in [1.807, 2.05) is 0 Å². The van der Waals surface area contributed by atoms with Crippen molar-refractivity contribution in [1.82, 2.24) is 0 Å². The van der Waals surface area contributed by atoms with Crippen LogP contribution in [0.1, 0.15) is 0 Å². The van der Waals surface area contributed by atoms with Gasteiger partial charge in [0.2, 0.25) is 0 Å². The molecule has 0 aliphatic heterocycles. The Morgan fingerprint density at radius 1 is 0.750 bits per heavy atom. The number of rotatable bonds is 9. The van der Waals surface area contributed by atoms with E-state index in [-0.39, 0.29) is 0 Å². The van der Waals surface area contributed by atoms with Crippen LogP contribution < -0.4 is 0 Å². The van der Waals surface area contributed by atoms with Gasteiger partial charge >= 0.3 is 0 Å². The van der Waals surface area contributed by atoms with Crippen molar-refractivity contribution in [2.45, 2.75) is 24.4 Å². The predicted molar refractivity (Wildman–Crippen MR) is 65.6 cm³/mol. The molecule has 0 aromatic carbocycles. The molecular formula is C8H18O10S2. The highest BCUT2D eigenvalue weighted by Gasteiger charge is 2.31. The standard InChI is InChI=1S/C8H18O10S2/c1-19(13,14)17-3-5(9)7(11)8(12)6(10)4-18-20(2,15)16/h5-12H,3-4H2,1-2H3/t5-,6+,7-,8+. The Balaban J connectivity index is 4.41. The van der Waals surface area contributed by atoms with Crippen LogP contribution in [0.15, 0.2) is 0 Å². The molecule has 0 heterocycles.